The number of thiazole rings is 1. The van der Waals surface area contributed by atoms with Crippen molar-refractivity contribution in [2.45, 2.75) is 13.0 Å². The minimum atomic E-state index is -0.567. The van der Waals surface area contributed by atoms with Gasteiger partial charge in [0.05, 0.1) is 32.0 Å². The van der Waals surface area contributed by atoms with Gasteiger partial charge in [-0.3, -0.25) is 10.1 Å². The molecule has 1 aliphatic rings. The largest absolute Gasteiger partial charge is 0.496 e. The molecular formula is C16H16ClN3O4S. The van der Waals surface area contributed by atoms with Crippen LogP contribution in [0.4, 0.5) is 9.93 Å². The number of benzene rings is 1. The molecule has 0 aliphatic carbocycles. The molecule has 2 aromatic rings. The number of nitrogens with one attached hydrogen (secondary N) is 1. The van der Waals surface area contributed by atoms with Crippen molar-refractivity contribution in [1.82, 2.24) is 9.88 Å². The second-order valence-corrected chi connectivity index (χ2v) is 6.85. The fourth-order valence-corrected chi connectivity index (χ4v) is 3.76. The second kappa shape index (κ2) is 7.28. The maximum Gasteiger partial charge on any atom is 0.413 e. The molecule has 2 heterocycles. The first kappa shape index (κ1) is 17.5. The fourth-order valence-electron chi connectivity index (χ4n) is 2.58. The molecular weight excluding hydrogens is 366 g/mol. The molecule has 1 aliphatic heterocycles. The summed E-state index contributed by atoms with van der Waals surface area (Å²) >= 11 is 7.35. The van der Waals surface area contributed by atoms with Crippen LogP contribution in [-0.2, 0) is 17.7 Å². The molecule has 3 rings (SSSR count). The number of carbonyl (C=O) groups is 2. The van der Waals surface area contributed by atoms with Crippen molar-refractivity contribution in [2.24, 2.45) is 0 Å². The van der Waals surface area contributed by atoms with Crippen molar-refractivity contribution in [3.05, 3.63) is 39.4 Å². The van der Waals surface area contributed by atoms with E-state index in [1.54, 1.807) is 23.1 Å². The van der Waals surface area contributed by atoms with E-state index in [2.05, 4.69) is 15.0 Å². The van der Waals surface area contributed by atoms with E-state index in [-0.39, 0.29) is 5.91 Å². The topological polar surface area (TPSA) is 80.8 Å². The number of rotatable bonds is 3. The molecule has 1 aromatic heterocycles. The van der Waals surface area contributed by atoms with Crippen LogP contribution in [0.15, 0.2) is 18.2 Å². The standard InChI is InChI=1S/C16H16ClN3O4S/c1-23-12-4-3-9(17)7-10(12)14(21)20-6-5-11-13(8-20)25-15(18-11)19-16(22)24-2/h3-4,7H,5-6,8H2,1-2H3,(H,18,19,22). The van der Waals surface area contributed by atoms with Gasteiger partial charge in [-0.2, -0.15) is 0 Å². The molecule has 0 unspecified atom stereocenters. The van der Waals surface area contributed by atoms with Gasteiger partial charge in [-0.05, 0) is 18.2 Å². The fraction of sp³-hybridized carbons (Fsp3) is 0.312. The Morgan fingerprint density at radius 3 is 2.88 bits per heavy atom. The summed E-state index contributed by atoms with van der Waals surface area (Å²) in [6, 6.07) is 4.96. The van der Waals surface area contributed by atoms with Gasteiger partial charge in [-0.25, -0.2) is 9.78 Å². The van der Waals surface area contributed by atoms with Crippen LogP contribution in [0.1, 0.15) is 20.9 Å². The van der Waals surface area contributed by atoms with E-state index in [1.165, 1.54) is 25.6 Å². The van der Waals surface area contributed by atoms with Crippen LogP contribution in [-0.4, -0.2) is 42.6 Å². The Bertz CT molecular complexity index is 824. The minimum absolute atomic E-state index is 0.152. The smallest absolute Gasteiger partial charge is 0.413 e. The average molecular weight is 382 g/mol. The monoisotopic (exact) mass is 381 g/mol. The Kier molecular flexibility index (Phi) is 5.10. The van der Waals surface area contributed by atoms with E-state index in [0.717, 1.165) is 10.6 Å². The van der Waals surface area contributed by atoms with Crippen LogP contribution in [0.25, 0.3) is 0 Å². The average Bonchev–Trinajstić information content (AvgIpc) is 3.02. The number of amides is 2. The maximum absolute atomic E-state index is 12.9. The molecule has 0 fully saturated rings. The van der Waals surface area contributed by atoms with Crippen molar-refractivity contribution < 1.29 is 19.1 Å². The van der Waals surface area contributed by atoms with Crippen molar-refractivity contribution in [3.8, 4) is 5.75 Å². The number of ether oxygens (including phenoxy) is 2. The third-order valence-corrected chi connectivity index (χ3v) is 5.04. The Hall–Kier alpha value is -2.32. The molecule has 25 heavy (non-hydrogen) atoms. The van der Waals surface area contributed by atoms with Crippen molar-refractivity contribution >= 4 is 40.1 Å². The van der Waals surface area contributed by atoms with E-state index < -0.39 is 6.09 Å². The summed E-state index contributed by atoms with van der Waals surface area (Å²) in [4.78, 5) is 31.2. The van der Waals surface area contributed by atoms with Crippen LogP contribution >= 0.6 is 22.9 Å². The van der Waals surface area contributed by atoms with E-state index in [0.29, 0.717) is 41.0 Å². The highest BCUT2D eigenvalue weighted by Gasteiger charge is 2.27. The summed E-state index contributed by atoms with van der Waals surface area (Å²) in [7, 11) is 2.81. The number of aromatic nitrogens is 1. The van der Waals surface area contributed by atoms with E-state index in [9.17, 15) is 9.59 Å². The van der Waals surface area contributed by atoms with Gasteiger partial charge in [0.15, 0.2) is 5.13 Å². The maximum atomic E-state index is 12.9. The summed E-state index contributed by atoms with van der Waals surface area (Å²) < 4.78 is 9.83. The first-order valence-corrected chi connectivity index (χ1v) is 8.67. The van der Waals surface area contributed by atoms with Crippen LogP contribution in [0.2, 0.25) is 5.02 Å². The SMILES string of the molecule is COC(=O)Nc1nc2c(s1)CN(C(=O)c1cc(Cl)ccc1OC)CC2. The third-order valence-electron chi connectivity index (χ3n) is 3.80. The van der Waals surface area contributed by atoms with Gasteiger partial charge in [0.25, 0.3) is 5.91 Å². The highest BCUT2D eigenvalue weighted by Crippen LogP contribution is 2.31. The Morgan fingerprint density at radius 1 is 1.36 bits per heavy atom. The molecule has 132 valence electrons. The summed E-state index contributed by atoms with van der Waals surface area (Å²) in [5.74, 6) is 0.332. The predicted molar refractivity (Wildman–Crippen MR) is 94.6 cm³/mol. The summed E-state index contributed by atoms with van der Waals surface area (Å²) in [6.45, 7) is 0.952. The quantitative estimate of drug-likeness (QED) is 0.883. The molecule has 9 heteroatoms. The normalized spacial score (nSPS) is 13.2. The summed E-state index contributed by atoms with van der Waals surface area (Å²) in [5.41, 5.74) is 1.31. The van der Waals surface area contributed by atoms with Crippen LogP contribution < -0.4 is 10.1 Å². The first-order valence-electron chi connectivity index (χ1n) is 7.48. The number of methoxy groups -OCH3 is 2. The van der Waals surface area contributed by atoms with Gasteiger partial charge < -0.3 is 14.4 Å². The number of fused-ring (bicyclic) bond motifs is 1. The number of halogens is 1. The zero-order chi connectivity index (χ0) is 18.0. The lowest BCUT2D eigenvalue weighted by Gasteiger charge is -2.26. The molecule has 0 bridgehead atoms. The van der Waals surface area contributed by atoms with Crippen molar-refractivity contribution in [3.63, 3.8) is 0 Å². The summed E-state index contributed by atoms with van der Waals surface area (Å²) in [6.07, 6.45) is 0.0474. The Balaban J connectivity index is 1.79. The van der Waals surface area contributed by atoms with Gasteiger partial charge in [-0.1, -0.05) is 22.9 Å². The zero-order valence-electron chi connectivity index (χ0n) is 13.7. The first-order chi connectivity index (χ1) is 12.0. The van der Waals surface area contributed by atoms with Crippen molar-refractivity contribution in [2.75, 3.05) is 26.1 Å². The van der Waals surface area contributed by atoms with Crippen LogP contribution in [0.3, 0.4) is 0 Å². The van der Waals surface area contributed by atoms with Gasteiger partial charge in [0, 0.05) is 22.9 Å². The number of nitrogens with zero attached hydrogens (tertiary/aromatic N) is 2. The van der Waals surface area contributed by atoms with E-state index in [4.69, 9.17) is 16.3 Å². The van der Waals surface area contributed by atoms with Gasteiger partial charge in [0.1, 0.15) is 5.75 Å². The van der Waals surface area contributed by atoms with Gasteiger partial charge >= 0.3 is 6.09 Å². The molecule has 7 nitrogen and oxygen atoms in total. The van der Waals surface area contributed by atoms with Crippen molar-refractivity contribution in [1.29, 1.82) is 0 Å². The van der Waals surface area contributed by atoms with E-state index in [1.807, 2.05) is 0 Å². The molecule has 0 atom stereocenters. The molecule has 0 saturated carbocycles. The molecule has 1 aromatic carbocycles. The highest BCUT2D eigenvalue weighted by molar-refractivity contribution is 7.15. The van der Waals surface area contributed by atoms with Gasteiger partial charge in [0.2, 0.25) is 0 Å². The molecule has 0 spiro atoms. The highest BCUT2D eigenvalue weighted by atomic mass is 35.5. The predicted octanol–water partition coefficient (Wildman–Crippen LogP) is 3.18. The Morgan fingerprint density at radius 2 is 2.16 bits per heavy atom. The molecule has 1 N–H and O–H groups in total. The number of anilines is 1. The lowest BCUT2D eigenvalue weighted by atomic mass is 10.1. The lowest BCUT2D eigenvalue weighted by molar-refractivity contribution is 0.0732. The molecule has 2 amide bonds. The lowest BCUT2D eigenvalue weighted by Crippen LogP contribution is -2.35. The van der Waals surface area contributed by atoms with Crippen LogP contribution in [0, 0.1) is 0 Å². The van der Waals surface area contributed by atoms with Gasteiger partial charge in [-0.15, -0.1) is 0 Å². The molecule has 0 saturated heterocycles. The zero-order valence-corrected chi connectivity index (χ0v) is 15.2. The third kappa shape index (κ3) is 3.69. The van der Waals surface area contributed by atoms with E-state index >= 15 is 0 Å². The second-order valence-electron chi connectivity index (χ2n) is 5.33. The summed E-state index contributed by atoms with van der Waals surface area (Å²) in [5, 5.41) is 3.50. The number of hydrogen-bond acceptors (Lipinski definition) is 6. The van der Waals surface area contributed by atoms with Crippen LogP contribution in [0.5, 0.6) is 5.75 Å². The number of carbonyl (C=O) groups excluding carboxylic acids is 2. The minimum Gasteiger partial charge on any atom is -0.496 e. The number of hydrogen-bond donors (Lipinski definition) is 1. The molecule has 0 radical (unpaired) electrons. The Labute approximate surface area is 153 Å².